The van der Waals surface area contributed by atoms with Crippen LogP contribution in [0.5, 0.6) is 0 Å². The van der Waals surface area contributed by atoms with Crippen LogP contribution in [0.1, 0.15) is 37.0 Å². The Morgan fingerprint density at radius 1 is 1.46 bits per heavy atom. The lowest BCUT2D eigenvalue weighted by Gasteiger charge is -2.13. The van der Waals surface area contributed by atoms with Crippen LogP contribution in [0.4, 0.5) is 0 Å². The van der Waals surface area contributed by atoms with Gasteiger partial charge in [-0.1, -0.05) is 19.4 Å². The van der Waals surface area contributed by atoms with E-state index in [2.05, 4.69) is 29.8 Å². The van der Waals surface area contributed by atoms with Crippen molar-refractivity contribution in [2.45, 2.75) is 32.1 Å². The monoisotopic (exact) mass is 197 g/mol. The molecular weight excluding hydrogens is 178 g/mol. The van der Waals surface area contributed by atoms with Gasteiger partial charge in [0.2, 0.25) is 0 Å². The third-order valence-electron chi connectivity index (χ3n) is 2.33. The number of hydrogen-bond donors (Lipinski definition) is 1. The lowest BCUT2D eigenvalue weighted by molar-refractivity contribution is 0.558. The van der Waals surface area contributed by atoms with E-state index in [0.717, 1.165) is 12.5 Å². The molecule has 0 fully saturated rings. The molecule has 0 amide bonds. The molecule has 1 aromatic heterocycles. The molecule has 13 heavy (non-hydrogen) atoms. The molecule has 1 atom stereocenters. The molecule has 0 radical (unpaired) electrons. The first-order valence-corrected chi connectivity index (χ1v) is 5.94. The molecule has 0 spiro atoms. The van der Waals surface area contributed by atoms with Gasteiger partial charge in [-0.3, -0.25) is 0 Å². The van der Waals surface area contributed by atoms with Gasteiger partial charge in [0.1, 0.15) is 0 Å². The minimum atomic E-state index is 0.775. The molecule has 74 valence electrons. The van der Waals surface area contributed by atoms with Crippen LogP contribution in [-0.2, 0) is 0 Å². The number of thiophene rings is 1. The molecule has 1 unspecified atom stereocenters. The van der Waals surface area contributed by atoms with Crippen LogP contribution in [0.2, 0.25) is 0 Å². The molecule has 0 aliphatic heterocycles. The van der Waals surface area contributed by atoms with Gasteiger partial charge in [-0.05, 0) is 43.8 Å². The van der Waals surface area contributed by atoms with Crippen LogP contribution >= 0.6 is 11.3 Å². The van der Waals surface area contributed by atoms with Crippen molar-refractivity contribution in [2.75, 3.05) is 13.6 Å². The number of rotatable bonds is 6. The Hall–Kier alpha value is -0.340. The van der Waals surface area contributed by atoms with Gasteiger partial charge in [-0.15, -0.1) is 11.3 Å². The third kappa shape index (κ3) is 3.49. The number of nitrogens with one attached hydrogen (secondary N) is 1. The Balaban J connectivity index is 2.47. The Kier molecular flexibility index (Phi) is 5.09. The largest absolute Gasteiger partial charge is 0.320 e. The lowest BCUT2D eigenvalue weighted by Crippen LogP contribution is -2.11. The van der Waals surface area contributed by atoms with Crippen molar-refractivity contribution in [3.63, 3.8) is 0 Å². The summed E-state index contributed by atoms with van der Waals surface area (Å²) in [6.07, 6.45) is 3.87. The van der Waals surface area contributed by atoms with Crippen molar-refractivity contribution >= 4 is 11.3 Å². The quantitative estimate of drug-likeness (QED) is 0.738. The second-order valence-electron chi connectivity index (χ2n) is 3.39. The molecule has 0 aliphatic rings. The maximum absolute atomic E-state index is 3.22. The molecular formula is C11H19NS. The SMILES string of the molecule is CCCC(CCNC)c1cccs1. The van der Waals surface area contributed by atoms with E-state index in [9.17, 15) is 0 Å². The molecule has 0 saturated heterocycles. The Morgan fingerprint density at radius 2 is 2.31 bits per heavy atom. The highest BCUT2D eigenvalue weighted by Gasteiger charge is 2.10. The van der Waals surface area contributed by atoms with E-state index in [1.807, 2.05) is 18.4 Å². The summed E-state index contributed by atoms with van der Waals surface area (Å²) in [4.78, 5) is 1.55. The van der Waals surface area contributed by atoms with Crippen molar-refractivity contribution in [3.05, 3.63) is 22.4 Å². The minimum Gasteiger partial charge on any atom is -0.320 e. The average molecular weight is 197 g/mol. The predicted octanol–water partition coefficient (Wildman–Crippen LogP) is 3.24. The highest BCUT2D eigenvalue weighted by molar-refractivity contribution is 7.10. The van der Waals surface area contributed by atoms with Crippen LogP contribution in [0.25, 0.3) is 0 Å². The van der Waals surface area contributed by atoms with Gasteiger partial charge >= 0.3 is 0 Å². The van der Waals surface area contributed by atoms with E-state index in [1.165, 1.54) is 19.3 Å². The molecule has 0 saturated carbocycles. The van der Waals surface area contributed by atoms with E-state index in [4.69, 9.17) is 0 Å². The molecule has 1 rings (SSSR count). The lowest BCUT2D eigenvalue weighted by atomic mass is 9.98. The highest BCUT2D eigenvalue weighted by Crippen LogP contribution is 2.28. The average Bonchev–Trinajstić information content (AvgIpc) is 2.65. The maximum Gasteiger partial charge on any atom is 0.00766 e. The zero-order valence-corrected chi connectivity index (χ0v) is 9.36. The first kappa shape index (κ1) is 10.7. The van der Waals surface area contributed by atoms with Crippen molar-refractivity contribution in [1.29, 1.82) is 0 Å². The fourth-order valence-electron chi connectivity index (χ4n) is 1.62. The van der Waals surface area contributed by atoms with Crippen molar-refractivity contribution < 1.29 is 0 Å². The molecule has 0 aliphatic carbocycles. The second kappa shape index (κ2) is 6.17. The van der Waals surface area contributed by atoms with Crippen LogP contribution < -0.4 is 5.32 Å². The van der Waals surface area contributed by atoms with E-state index in [0.29, 0.717) is 0 Å². The van der Waals surface area contributed by atoms with Gasteiger partial charge < -0.3 is 5.32 Å². The van der Waals surface area contributed by atoms with Gasteiger partial charge in [0.05, 0.1) is 0 Å². The van der Waals surface area contributed by atoms with E-state index >= 15 is 0 Å². The van der Waals surface area contributed by atoms with E-state index in [-0.39, 0.29) is 0 Å². The Bertz CT molecular complexity index is 206. The van der Waals surface area contributed by atoms with Crippen molar-refractivity contribution in [1.82, 2.24) is 5.32 Å². The molecule has 1 nitrogen and oxygen atoms in total. The summed E-state index contributed by atoms with van der Waals surface area (Å²) in [7, 11) is 2.03. The first-order chi connectivity index (χ1) is 6.38. The summed E-state index contributed by atoms with van der Waals surface area (Å²) in [6.45, 7) is 3.39. The van der Waals surface area contributed by atoms with Gasteiger partial charge in [0.15, 0.2) is 0 Å². The topological polar surface area (TPSA) is 12.0 Å². The zero-order chi connectivity index (χ0) is 9.52. The first-order valence-electron chi connectivity index (χ1n) is 5.06. The van der Waals surface area contributed by atoms with Crippen molar-refractivity contribution in [3.8, 4) is 0 Å². The summed E-state index contributed by atoms with van der Waals surface area (Å²) in [6, 6.07) is 4.42. The summed E-state index contributed by atoms with van der Waals surface area (Å²) in [5.74, 6) is 0.775. The van der Waals surface area contributed by atoms with Gasteiger partial charge in [0.25, 0.3) is 0 Å². The number of hydrogen-bond acceptors (Lipinski definition) is 2. The van der Waals surface area contributed by atoms with Gasteiger partial charge in [-0.25, -0.2) is 0 Å². The standard InChI is InChI=1S/C11H19NS/c1-3-5-10(7-8-12-2)11-6-4-9-13-11/h4,6,9-10,12H,3,5,7-8H2,1-2H3. The molecule has 1 N–H and O–H groups in total. The smallest absolute Gasteiger partial charge is 0.00766 e. The highest BCUT2D eigenvalue weighted by atomic mass is 32.1. The van der Waals surface area contributed by atoms with E-state index < -0.39 is 0 Å². The van der Waals surface area contributed by atoms with Crippen molar-refractivity contribution in [2.24, 2.45) is 0 Å². The molecule has 0 aromatic carbocycles. The Morgan fingerprint density at radius 3 is 2.85 bits per heavy atom. The molecule has 2 heteroatoms. The molecule has 0 bridgehead atoms. The molecule has 1 heterocycles. The zero-order valence-electron chi connectivity index (χ0n) is 8.55. The summed E-state index contributed by atoms with van der Waals surface area (Å²) < 4.78 is 0. The third-order valence-corrected chi connectivity index (χ3v) is 3.36. The van der Waals surface area contributed by atoms with Crippen LogP contribution in [0.15, 0.2) is 17.5 Å². The summed E-state index contributed by atoms with van der Waals surface area (Å²) in [5.41, 5.74) is 0. The predicted molar refractivity (Wildman–Crippen MR) is 60.5 cm³/mol. The van der Waals surface area contributed by atoms with Gasteiger partial charge in [-0.2, -0.15) is 0 Å². The van der Waals surface area contributed by atoms with Crippen LogP contribution in [0, 0.1) is 0 Å². The van der Waals surface area contributed by atoms with E-state index in [1.54, 1.807) is 4.88 Å². The summed E-state index contributed by atoms with van der Waals surface area (Å²) >= 11 is 1.89. The fraction of sp³-hybridized carbons (Fsp3) is 0.636. The minimum absolute atomic E-state index is 0.775. The normalized spacial score (nSPS) is 13.1. The maximum atomic E-state index is 3.22. The van der Waals surface area contributed by atoms with Crippen LogP contribution in [-0.4, -0.2) is 13.6 Å². The second-order valence-corrected chi connectivity index (χ2v) is 4.37. The molecule has 1 aromatic rings. The summed E-state index contributed by atoms with van der Waals surface area (Å²) in [5, 5.41) is 5.40. The van der Waals surface area contributed by atoms with Gasteiger partial charge in [0, 0.05) is 4.88 Å². The fourth-order valence-corrected chi connectivity index (χ4v) is 2.52. The van der Waals surface area contributed by atoms with Crippen LogP contribution in [0.3, 0.4) is 0 Å². The Labute approximate surface area is 85.2 Å².